The van der Waals surface area contributed by atoms with Crippen LogP contribution in [0.3, 0.4) is 0 Å². The average Bonchev–Trinajstić information content (AvgIpc) is 2.79. The summed E-state index contributed by atoms with van der Waals surface area (Å²) < 4.78 is 23.9. The summed E-state index contributed by atoms with van der Waals surface area (Å²) in [4.78, 5) is 4.20. The summed E-state index contributed by atoms with van der Waals surface area (Å²) in [7, 11) is 0. The van der Waals surface area contributed by atoms with E-state index in [1.807, 2.05) is 0 Å². The first-order valence-corrected chi connectivity index (χ1v) is 6.19. The number of aromatic nitrogens is 1. The highest BCUT2D eigenvalue weighted by atomic mass is 19.1. The van der Waals surface area contributed by atoms with Crippen LogP contribution in [0.5, 0.6) is 0 Å². The lowest BCUT2D eigenvalue weighted by Gasteiger charge is -2.21. The highest BCUT2D eigenvalue weighted by Gasteiger charge is 2.14. The Hall–Kier alpha value is -1.62. The van der Waals surface area contributed by atoms with E-state index in [9.17, 15) is 4.39 Å². The molecule has 4 nitrogen and oxygen atoms in total. The zero-order chi connectivity index (χ0) is 12.4. The fourth-order valence-electron chi connectivity index (χ4n) is 2.18. The topological polar surface area (TPSA) is 47.3 Å². The Balaban J connectivity index is 1.67. The zero-order valence-electron chi connectivity index (χ0n) is 9.99. The van der Waals surface area contributed by atoms with Gasteiger partial charge in [-0.1, -0.05) is 0 Å². The van der Waals surface area contributed by atoms with Crippen molar-refractivity contribution < 1.29 is 13.5 Å². The molecule has 0 saturated carbocycles. The monoisotopic (exact) mass is 250 g/mol. The lowest BCUT2D eigenvalue weighted by atomic mass is 10.0. The average molecular weight is 250 g/mol. The van der Waals surface area contributed by atoms with Gasteiger partial charge in [-0.25, -0.2) is 4.39 Å². The molecule has 0 spiro atoms. The molecule has 5 heteroatoms. The molecule has 1 atom stereocenters. The van der Waals surface area contributed by atoms with E-state index < -0.39 is 0 Å². The number of hydrogen-bond acceptors (Lipinski definition) is 4. The smallest absolute Gasteiger partial charge is 0.295 e. The summed E-state index contributed by atoms with van der Waals surface area (Å²) >= 11 is 0. The molecule has 1 aromatic heterocycles. The standard InChI is InChI=1S/C13H15FN2O2/c14-10-3-4-12-11(6-10)16-13(18-12)15-7-9-2-1-5-17-8-9/h3-4,6,9H,1-2,5,7-8H2,(H,15,16). The number of halogens is 1. The Morgan fingerprint density at radius 1 is 1.44 bits per heavy atom. The van der Waals surface area contributed by atoms with Gasteiger partial charge in [0.05, 0.1) is 6.61 Å². The van der Waals surface area contributed by atoms with E-state index in [0.29, 0.717) is 23.0 Å². The van der Waals surface area contributed by atoms with Crippen LogP contribution in [0.2, 0.25) is 0 Å². The fraction of sp³-hybridized carbons (Fsp3) is 0.462. The predicted octanol–water partition coefficient (Wildman–Crippen LogP) is 2.81. The van der Waals surface area contributed by atoms with Gasteiger partial charge in [0.2, 0.25) is 0 Å². The van der Waals surface area contributed by atoms with E-state index in [2.05, 4.69) is 10.3 Å². The molecule has 18 heavy (non-hydrogen) atoms. The van der Waals surface area contributed by atoms with Gasteiger partial charge in [0.15, 0.2) is 5.58 Å². The molecular weight excluding hydrogens is 235 g/mol. The van der Waals surface area contributed by atoms with Crippen LogP contribution in [0.4, 0.5) is 10.4 Å². The molecule has 1 unspecified atom stereocenters. The molecule has 1 aromatic carbocycles. The van der Waals surface area contributed by atoms with E-state index in [0.717, 1.165) is 32.6 Å². The van der Waals surface area contributed by atoms with E-state index in [-0.39, 0.29) is 5.82 Å². The summed E-state index contributed by atoms with van der Waals surface area (Å²) in [5.74, 6) is 0.188. The van der Waals surface area contributed by atoms with Crippen LogP contribution in [0.15, 0.2) is 22.6 Å². The molecule has 2 heterocycles. The van der Waals surface area contributed by atoms with Crippen molar-refractivity contribution in [3.05, 3.63) is 24.0 Å². The predicted molar refractivity (Wildman–Crippen MR) is 66.0 cm³/mol. The van der Waals surface area contributed by atoms with Crippen LogP contribution in [0.1, 0.15) is 12.8 Å². The van der Waals surface area contributed by atoms with Crippen molar-refractivity contribution >= 4 is 17.1 Å². The van der Waals surface area contributed by atoms with Crippen molar-refractivity contribution in [2.45, 2.75) is 12.8 Å². The van der Waals surface area contributed by atoms with Crippen molar-refractivity contribution in [1.29, 1.82) is 0 Å². The Labute approximate surface area is 104 Å². The minimum atomic E-state index is -0.303. The van der Waals surface area contributed by atoms with Crippen molar-refractivity contribution in [3.63, 3.8) is 0 Å². The first-order chi connectivity index (χ1) is 8.81. The SMILES string of the molecule is Fc1ccc2oc(NCC3CCCOC3)nc2c1. The van der Waals surface area contributed by atoms with Crippen LogP contribution in [0.25, 0.3) is 11.1 Å². The van der Waals surface area contributed by atoms with Crippen LogP contribution >= 0.6 is 0 Å². The van der Waals surface area contributed by atoms with E-state index >= 15 is 0 Å². The van der Waals surface area contributed by atoms with Crippen molar-refractivity contribution in [1.82, 2.24) is 4.98 Å². The Morgan fingerprint density at radius 2 is 2.39 bits per heavy atom. The van der Waals surface area contributed by atoms with Crippen LogP contribution < -0.4 is 5.32 Å². The number of nitrogens with one attached hydrogen (secondary N) is 1. The van der Waals surface area contributed by atoms with E-state index in [1.165, 1.54) is 12.1 Å². The maximum Gasteiger partial charge on any atom is 0.295 e. The van der Waals surface area contributed by atoms with Crippen molar-refractivity contribution in [2.24, 2.45) is 5.92 Å². The number of anilines is 1. The molecule has 96 valence electrons. The molecule has 1 saturated heterocycles. The molecule has 1 aliphatic rings. The molecule has 1 fully saturated rings. The van der Waals surface area contributed by atoms with Gasteiger partial charge >= 0.3 is 0 Å². The Bertz CT molecular complexity index is 535. The largest absolute Gasteiger partial charge is 0.424 e. The summed E-state index contributed by atoms with van der Waals surface area (Å²) in [5, 5.41) is 3.14. The summed E-state index contributed by atoms with van der Waals surface area (Å²) in [5.41, 5.74) is 1.14. The number of nitrogens with zero attached hydrogens (tertiary/aromatic N) is 1. The summed E-state index contributed by atoms with van der Waals surface area (Å²) in [6.45, 7) is 2.41. The zero-order valence-corrected chi connectivity index (χ0v) is 9.99. The Morgan fingerprint density at radius 3 is 3.22 bits per heavy atom. The molecule has 0 amide bonds. The minimum Gasteiger partial charge on any atom is -0.424 e. The molecule has 3 rings (SSSR count). The number of rotatable bonds is 3. The molecule has 2 aromatic rings. The van der Waals surface area contributed by atoms with Gasteiger partial charge in [-0.05, 0) is 30.9 Å². The third kappa shape index (κ3) is 2.46. The van der Waals surface area contributed by atoms with E-state index in [1.54, 1.807) is 6.07 Å². The maximum atomic E-state index is 13.0. The normalized spacial score (nSPS) is 20.2. The number of benzene rings is 1. The van der Waals surface area contributed by atoms with Gasteiger partial charge in [0.1, 0.15) is 11.3 Å². The quantitative estimate of drug-likeness (QED) is 0.910. The molecule has 1 N–H and O–H groups in total. The molecule has 1 aliphatic heterocycles. The number of hydrogen-bond donors (Lipinski definition) is 1. The fourth-order valence-corrected chi connectivity index (χ4v) is 2.18. The lowest BCUT2D eigenvalue weighted by molar-refractivity contribution is 0.0593. The number of oxazole rings is 1. The molecule has 0 bridgehead atoms. The number of ether oxygens (including phenoxy) is 1. The molecule has 0 radical (unpaired) electrons. The third-order valence-electron chi connectivity index (χ3n) is 3.15. The maximum absolute atomic E-state index is 13.0. The highest BCUT2D eigenvalue weighted by Crippen LogP contribution is 2.20. The number of fused-ring (bicyclic) bond motifs is 1. The minimum absolute atomic E-state index is 0.303. The van der Waals surface area contributed by atoms with Gasteiger partial charge in [-0.2, -0.15) is 4.98 Å². The van der Waals surface area contributed by atoms with Crippen molar-refractivity contribution in [2.75, 3.05) is 25.1 Å². The van der Waals surface area contributed by atoms with Crippen LogP contribution in [-0.2, 0) is 4.74 Å². The second-order valence-corrected chi connectivity index (χ2v) is 4.60. The van der Waals surface area contributed by atoms with Gasteiger partial charge in [-0.3, -0.25) is 0 Å². The van der Waals surface area contributed by atoms with Crippen molar-refractivity contribution in [3.8, 4) is 0 Å². The van der Waals surface area contributed by atoms with Gasteiger partial charge in [0.25, 0.3) is 6.01 Å². The van der Waals surface area contributed by atoms with Gasteiger partial charge in [-0.15, -0.1) is 0 Å². The second kappa shape index (κ2) is 4.94. The summed E-state index contributed by atoms with van der Waals surface area (Å²) in [6.07, 6.45) is 2.26. The Kier molecular flexibility index (Phi) is 3.15. The highest BCUT2D eigenvalue weighted by molar-refractivity contribution is 5.74. The van der Waals surface area contributed by atoms with Crippen LogP contribution in [0, 0.1) is 11.7 Å². The second-order valence-electron chi connectivity index (χ2n) is 4.60. The first kappa shape index (κ1) is 11.5. The van der Waals surface area contributed by atoms with E-state index in [4.69, 9.17) is 9.15 Å². The van der Waals surface area contributed by atoms with Gasteiger partial charge < -0.3 is 14.5 Å². The molecule has 0 aliphatic carbocycles. The third-order valence-corrected chi connectivity index (χ3v) is 3.15. The van der Waals surface area contributed by atoms with Gasteiger partial charge in [0, 0.05) is 19.2 Å². The summed E-state index contributed by atoms with van der Waals surface area (Å²) in [6, 6.07) is 4.77. The van der Waals surface area contributed by atoms with Crippen LogP contribution in [-0.4, -0.2) is 24.7 Å². The first-order valence-electron chi connectivity index (χ1n) is 6.19. The molecular formula is C13H15FN2O2. The lowest BCUT2D eigenvalue weighted by Crippen LogP contribution is -2.24.